The molecule has 0 spiro atoms. The van der Waals surface area contributed by atoms with Gasteiger partial charge in [0.15, 0.2) is 5.65 Å². The van der Waals surface area contributed by atoms with Gasteiger partial charge >= 0.3 is 0 Å². The van der Waals surface area contributed by atoms with Gasteiger partial charge in [0, 0.05) is 43.8 Å². The molecule has 4 heterocycles. The van der Waals surface area contributed by atoms with E-state index in [1.54, 1.807) is 16.8 Å². The number of piperazine rings is 1. The molecule has 8 nitrogen and oxygen atoms in total. The molecule has 1 aromatic carbocycles. The van der Waals surface area contributed by atoms with E-state index < -0.39 is 0 Å². The number of hydrogen-bond acceptors (Lipinski definition) is 7. The fourth-order valence-electron chi connectivity index (χ4n) is 3.59. The molecule has 31 heavy (non-hydrogen) atoms. The maximum atomic E-state index is 12.6. The van der Waals surface area contributed by atoms with E-state index in [4.69, 9.17) is 0 Å². The Kier molecular flexibility index (Phi) is 6.11. The van der Waals surface area contributed by atoms with Crippen LogP contribution in [0.15, 0.2) is 71.8 Å². The summed E-state index contributed by atoms with van der Waals surface area (Å²) in [5.74, 6) is 1.04. The number of para-hydroxylation sites is 1. The van der Waals surface area contributed by atoms with Crippen molar-refractivity contribution >= 4 is 40.9 Å². The molecule has 9 heteroatoms. The number of hydrogen-bond donors (Lipinski definition) is 2. The number of fused-ring (bicyclic) bond motifs is 1. The Balaban J connectivity index is 0.00000231. The first-order valence-electron chi connectivity index (χ1n) is 9.91. The summed E-state index contributed by atoms with van der Waals surface area (Å²) in [5, 5.41) is 7.28. The van der Waals surface area contributed by atoms with E-state index in [9.17, 15) is 4.79 Å². The van der Waals surface area contributed by atoms with Crippen LogP contribution in [0.3, 0.4) is 0 Å². The molecule has 3 aromatic heterocycles. The second-order valence-corrected chi connectivity index (χ2v) is 7.08. The van der Waals surface area contributed by atoms with E-state index in [-0.39, 0.29) is 18.0 Å². The van der Waals surface area contributed by atoms with E-state index >= 15 is 0 Å². The molecule has 0 amide bonds. The predicted molar refractivity (Wildman–Crippen MR) is 125 cm³/mol. The molecular formula is C22H22ClN7O. The summed E-state index contributed by atoms with van der Waals surface area (Å²) in [6.45, 7) is 3.90. The average Bonchev–Trinajstić information content (AvgIpc) is 2.80. The first-order chi connectivity index (χ1) is 14.8. The molecule has 4 aromatic rings. The lowest BCUT2D eigenvalue weighted by Gasteiger charge is -2.29. The van der Waals surface area contributed by atoms with Crippen molar-refractivity contribution in [3.05, 3.63) is 77.3 Å². The summed E-state index contributed by atoms with van der Waals surface area (Å²) >= 11 is 0. The Labute approximate surface area is 185 Å². The van der Waals surface area contributed by atoms with Gasteiger partial charge in [0.25, 0.3) is 5.56 Å². The molecule has 1 aliphatic heterocycles. The summed E-state index contributed by atoms with van der Waals surface area (Å²) in [6, 6.07) is 16.7. The lowest BCUT2D eigenvalue weighted by atomic mass is 10.2. The molecular weight excluding hydrogens is 414 g/mol. The molecule has 1 aliphatic rings. The van der Waals surface area contributed by atoms with E-state index in [1.165, 1.54) is 6.07 Å². The van der Waals surface area contributed by atoms with Gasteiger partial charge in [0.05, 0.1) is 17.6 Å². The molecule has 1 saturated heterocycles. The van der Waals surface area contributed by atoms with Crippen LogP contribution in [0.1, 0.15) is 0 Å². The van der Waals surface area contributed by atoms with Crippen LogP contribution in [0.5, 0.6) is 0 Å². The van der Waals surface area contributed by atoms with Crippen molar-refractivity contribution in [3.8, 4) is 5.69 Å². The van der Waals surface area contributed by atoms with Crippen LogP contribution in [0, 0.1) is 0 Å². The van der Waals surface area contributed by atoms with Gasteiger partial charge in [0.1, 0.15) is 5.82 Å². The maximum Gasteiger partial charge on any atom is 0.256 e. The largest absolute Gasteiger partial charge is 0.368 e. The lowest BCUT2D eigenvalue weighted by Crippen LogP contribution is -2.43. The minimum atomic E-state index is -0.142. The number of halogens is 1. The highest BCUT2D eigenvalue weighted by Gasteiger charge is 2.12. The third-order valence-electron chi connectivity index (χ3n) is 5.12. The Morgan fingerprint density at radius 2 is 1.68 bits per heavy atom. The number of aromatic nitrogens is 4. The van der Waals surface area contributed by atoms with Crippen molar-refractivity contribution in [1.29, 1.82) is 0 Å². The quantitative estimate of drug-likeness (QED) is 0.509. The van der Waals surface area contributed by atoms with Gasteiger partial charge in [-0.1, -0.05) is 18.2 Å². The second-order valence-electron chi connectivity index (χ2n) is 7.08. The number of nitrogens with zero attached hydrogens (tertiary/aromatic N) is 5. The minimum absolute atomic E-state index is 0. The topological polar surface area (TPSA) is 88.0 Å². The van der Waals surface area contributed by atoms with Crippen LogP contribution < -0.4 is 21.1 Å². The third-order valence-corrected chi connectivity index (χ3v) is 5.12. The fraction of sp³-hybridized carbons (Fsp3) is 0.182. The predicted octanol–water partition coefficient (Wildman–Crippen LogP) is 2.75. The first kappa shape index (κ1) is 20.8. The summed E-state index contributed by atoms with van der Waals surface area (Å²) in [6.07, 6.45) is 3.56. The fourth-order valence-corrected chi connectivity index (χ4v) is 3.59. The summed E-state index contributed by atoms with van der Waals surface area (Å²) in [7, 11) is 0. The zero-order valence-corrected chi connectivity index (χ0v) is 17.5. The molecule has 158 valence electrons. The van der Waals surface area contributed by atoms with Crippen molar-refractivity contribution in [3.63, 3.8) is 0 Å². The van der Waals surface area contributed by atoms with Crippen LogP contribution in [0.25, 0.3) is 16.7 Å². The minimum Gasteiger partial charge on any atom is -0.368 e. The smallest absolute Gasteiger partial charge is 0.256 e. The standard InChI is InChI=1S/C22H21N7O.ClH/c30-20-9-6-16-14-25-22(27-21(16)29(20)17-4-2-1-3-5-17)26-19-8-7-18(15-24-19)28-12-10-23-11-13-28;/h1-9,14-15,23H,10-13H2,(H,24,25,26,27);1H. The molecule has 5 rings (SSSR count). The molecule has 0 unspecified atom stereocenters. The first-order valence-corrected chi connectivity index (χ1v) is 9.91. The van der Waals surface area contributed by atoms with E-state index in [0.29, 0.717) is 17.4 Å². The highest BCUT2D eigenvalue weighted by atomic mass is 35.5. The van der Waals surface area contributed by atoms with E-state index in [1.807, 2.05) is 48.7 Å². The summed E-state index contributed by atoms with van der Waals surface area (Å²) < 4.78 is 1.59. The maximum absolute atomic E-state index is 12.6. The Hall–Kier alpha value is -3.49. The molecule has 0 radical (unpaired) electrons. The average molecular weight is 436 g/mol. The monoisotopic (exact) mass is 435 g/mol. The summed E-state index contributed by atoms with van der Waals surface area (Å²) in [5.41, 5.74) is 2.26. The molecule has 0 bridgehead atoms. The van der Waals surface area contributed by atoms with E-state index in [2.05, 4.69) is 30.5 Å². The van der Waals surface area contributed by atoms with Gasteiger partial charge in [-0.3, -0.25) is 9.36 Å². The Morgan fingerprint density at radius 1 is 0.871 bits per heavy atom. The molecule has 1 fully saturated rings. The van der Waals surface area contributed by atoms with Crippen molar-refractivity contribution in [2.45, 2.75) is 0 Å². The van der Waals surface area contributed by atoms with Gasteiger partial charge in [-0.15, -0.1) is 12.4 Å². The van der Waals surface area contributed by atoms with Crippen LogP contribution in [0.2, 0.25) is 0 Å². The van der Waals surface area contributed by atoms with Gasteiger partial charge in [0.2, 0.25) is 5.95 Å². The van der Waals surface area contributed by atoms with Crippen LogP contribution in [0.4, 0.5) is 17.5 Å². The third kappa shape index (κ3) is 4.35. The zero-order valence-electron chi connectivity index (χ0n) is 16.7. The van der Waals surface area contributed by atoms with Crippen molar-refractivity contribution in [1.82, 2.24) is 24.8 Å². The molecule has 0 saturated carbocycles. The number of benzene rings is 1. The number of anilines is 3. The number of pyridine rings is 2. The molecule has 0 atom stereocenters. The Bertz CT molecular complexity index is 1220. The van der Waals surface area contributed by atoms with Crippen LogP contribution >= 0.6 is 12.4 Å². The zero-order chi connectivity index (χ0) is 20.3. The van der Waals surface area contributed by atoms with Crippen LogP contribution in [-0.4, -0.2) is 45.7 Å². The lowest BCUT2D eigenvalue weighted by molar-refractivity contribution is 0.589. The second kappa shape index (κ2) is 9.11. The molecule has 2 N–H and O–H groups in total. The van der Waals surface area contributed by atoms with Crippen molar-refractivity contribution < 1.29 is 0 Å². The number of nitrogens with one attached hydrogen (secondary N) is 2. The SMILES string of the molecule is Cl.O=c1ccc2cnc(Nc3ccc(N4CCNCC4)cn3)nc2n1-c1ccccc1. The van der Waals surface area contributed by atoms with Gasteiger partial charge < -0.3 is 15.5 Å². The van der Waals surface area contributed by atoms with Gasteiger partial charge in [-0.25, -0.2) is 9.97 Å². The van der Waals surface area contributed by atoms with E-state index in [0.717, 1.165) is 42.9 Å². The van der Waals surface area contributed by atoms with Crippen molar-refractivity contribution in [2.75, 3.05) is 36.4 Å². The molecule has 0 aliphatic carbocycles. The van der Waals surface area contributed by atoms with Crippen LogP contribution in [-0.2, 0) is 0 Å². The van der Waals surface area contributed by atoms with Gasteiger partial charge in [-0.2, -0.15) is 4.98 Å². The Morgan fingerprint density at radius 3 is 2.42 bits per heavy atom. The highest BCUT2D eigenvalue weighted by molar-refractivity contribution is 5.85. The van der Waals surface area contributed by atoms with Gasteiger partial charge in [-0.05, 0) is 30.3 Å². The summed E-state index contributed by atoms with van der Waals surface area (Å²) in [4.78, 5) is 28.3. The highest BCUT2D eigenvalue weighted by Crippen LogP contribution is 2.19. The number of rotatable bonds is 4. The normalized spacial score (nSPS) is 13.6. The van der Waals surface area contributed by atoms with Crippen molar-refractivity contribution in [2.24, 2.45) is 0 Å².